The van der Waals surface area contributed by atoms with E-state index in [2.05, 4.69) is 44.8 Å². The molecule has 0 radical (unpaired) electrons. The Bertz CT molecular complexity index is 973. The molecule has 0 spiro atoms. The first-order valence-corrected chi connectivity index (χ1v) is 11.5. The van der Waals surface area contributed by atoms with Gasteiger partial charge in [0.05, 0.1) is 12.2 Å². The van der Waals surface area contributed by atoms with E-state index in [-0.39, 0.29) is 6.61 Å². The number of nitrogens with zero attached hydrogens (tertiary/aromatic N) is 3. The number of allylic oxidation sites excluding steroid dienone is 1. The summed E-state index contributed by atoms with van der Waals surface area (Å²) in [5.74, 6) is 1.68. The molecule has 9 heteroatoms. The molecule has 2 heterocycles. The molecule has 1 aromatic heterocycles. The minimum absolute atomic E-state index is 0.126. The maximum atomic E-state index is 13.0. The smallest absolute Gasteiger partial charge is 0.338 e. The van der Waals surface area contributed by atoms with Crippen molar-refractivity contribution in [1.29, 1.82) is 0 Å². The Balaban J connectivity index is 2.17. The Kier molecular flexibility index (Phi) is 7.60. The van der Waals surface area contributed by atoms with Crippen molar-refractivity contribution in [1.82, 2.24) is 14.8 Å². The number of hydrogen-bond donors (Lipinski definition) is 1. The maximum absolute atomic E-state index is 13.0. The van der Waals surface area contributed by atoms with Gasteiger partial charge < -0.3 is 14.8 Å². The molecule has 1 unspecified atom stereocenters. The molecule has 3 rings (SSSR count). The van der Waals surface area contributed by atoms with Crippen molar-refractivity contribution < 1.29 is 14.3 Å². The van der Waals surface area contributed by atoms with Gasteiger partial charge in [-0.2, -0.15) is 4.98 Å². The number of esters is 1. The number of aromatic nitrogens is 3. The molecule has 0 saturated heterocycles. The Morgan fingerprint density at radius 1 is 1.43 bits per heavy atom. The quantitative estimate of drug-likeness (QED) is 0.301. The van der Waals surface area contributed by atoms with E-state index in [0.29, 0.717) is 34.7 Å². The topological polar surface area (TPSA) is 78.3 Å². The van der Waals surface area contributed by atoms with Gasteiger partial charge in [-0.05, 0) is 37.3 Å². The number of halogens is 1. The fourth-order valence-corrected chi connectivity index (χ4v) is 4.10. The van der Waals surface area contributed by atoms with Crippen LogP contribution in [0.2, 0.25) is 0 Å². The molecule has 0 bridgehead atoms. The van der Waals surface area contributed by atoms with Gasteiger partial charge in [-0.1, -0.05) is 54.2 Å². The Morgan fingerprint density at radius 3 is 2.93 bits per heavy atom. The van der Waals surface area contributed by atoms with E-state index >= 15 is 0 Å². The molecule has 1 atom stereocenters. The summed E-state index contributed by atoms with van der Waals surface area (Å²) in [5, 5.41) is 8.51. The molecule has 1 N–H and O–H groups in total. The monoisotopic (exact) mass is 492 g/mol. The molecule has 2 aromatic rings. The summed E-state index contributed by atoms with van der Waals surface area (Å²) in [7, 11) is 0. The SMILES string of the molecule is C=CCOC(=O)C1=C(C)Nc2nc(SCC)nn2C1c1cc(Br)ccc1OCCC. The average Bonchev–Trinajstić information content (AvgIpc) is 3.12. The summed E-state index contributed by atoms with van der Waals surface area (Å²) in [4.78, 5) is 17.6. The van der Waals surface area contributed by atoms with Crippen LogP contribution in [0.4, 0.5) is 5.95 Å². The number of rotatable bonds is 9. The first-order valence-electron chi connectivity index (χ1n) is 9.77. The van der Waals surface area contributed by atoms with Crippen molar-refractivity contribution >= 4 is 39.6 Å². The van der Waals surface area contributed by atoms with Crippen LogP contribution in [0.25, 0.3) is 0 Å². The van der Waals surface area contributed by atoms with Crippen LogP contribution >= 0.6 is 27.7 Å². The molecule has 1 aliphatic heterocycles. The highest BCUT2D eigenvalue weighted by Crippen LogP contribution is 2.41. The van der Waals surface area contributed by atoms with Gasteiger partial charge in [0, 0.05) is 15.7 Å². The second kappa shape index (κ2) is 10.2. The molecule has 0 fully saturated rings. The Morgan fingerprint density at radius 2 is 2.23 bits per heavy atom. The van der Waals surface area contributed by atoms with E-state index in [1.807, 2.05) is 32.0 Å². The van der Waals surface area contributed by atoms with Gasteiger partial charge in [0.1, 0.15) is 18.4 Å². The van der Waals surface area contributed by atoms with Crippen LogP contribution in [0.5, 0.6) is 5.75 Å². The van der Waals surface area contributed by atoms with Gasteiger partial charge >= 0.3 is 5.97 Å². The normalized spacial score (nSPS) is 15.4. The highest BCUT2D eigenvalue weighted by Gasteiger charge is 2.37. The summed E-state index contributed by atoms with van der Waals surface area (Å²) >= 11 is 5.09. The maximum Gasteiger partial charge on any atom is 0.338 e. The van der Waals surface area contributed by atoms with Crippen LogP contribution in [0.3, 0.4) is 0 Å². The predicted octanol–water partition coefficient (Wildman–Crippen LogP) is 4.96. The molecule has 1 aromatic carbocycles. The summed E-state index contributed by atoms with van der Waals surface area (Å²) in [6, 6.07) is 5.23. The lowest BCUT2D eigenvalue weighted by Crippen LogP contribution is -2.30. The van der Waals surface area contributed by atoms with Crippen LogP contribution in [0, 0.1) is 0 Å². The number of carbonyl (C=O) groups excluding carboxylic acids is 1. The van der Waals surface area contributed by atoms with Gasteiger partial charge in [-0.15, -0.1) is 5.10 Å². The second-order valence-electron chi connectivity index (χ2n) is 6.58. The highest BCUT2D eigenvalue weighted by molar-refractivity contribution is 9.10. The molecule has 7 nitrogen and oxygen atoms in total. The third kappa shape index (κ3) is 4.73. The molecule has 160 valence electrons. The molecule has 1 aliphatic rings. The van der Waals surface area contributed by atoms with Crippen molar-refractivity contribution in [3.05, 3.63) is 52.2 Å². The van der Waals surface area contributed by atoms with Crippen LogP contribution in [-0.2, 0) is 9.53 Å². The summed E-state index contributed by atoms with van der Waals surface area (Å²) in [5.41, 5.74) is 1.94. The molecular weight excluding hydrogens is 468 g/mol. The highest BCUT2D eigenvalue weighted by atomic mass is 79.9. The lowest BCUT2D eigenvalue weighted by molar-refractivity contribution is -0.138. The summed E-state index contributed by atoms with van der Waals surface area (Å²) in [6.45, 7) is 10.3. The Labute approximate surface area is 189 Å². The zero-order valence-corrected chi connectivity index (χ0v) is 19.7. The molecule has 0 saturated carbocycles. The van der Waals surface area contributed by atoms with E-state index in [1.54, 1.807) is 22.5 Å². The minimum Gasteiger partial charge on any atom is -0.493 e. The average molecular weight is 493 g/mol. The van der Waals surface area contributed by atoms with Gasteiger partial charge in [-0.3, -0.25) is 0 Å². The molecular formula is C21H25BrN4O3S. The molecule has 30 heavy (non-hydrogen) atoms. The molecule has 0 amide bonds. The van der Waals surface area contributed by atoms with E-state index in [1.165, 1.54) is 0 Å². The number of ether oxygens (including phenoxy) is 2. The second-order valence-corrected chi connectivity index (χ2v) is 8.73. The number of benzene rings is 1. The first-order chi connectivity index (χ1) is 14.5. The van der Waals surface area contributed by atoms with Crippen LogP contribution in [0.1, 0.15) is 38.8 Å². The van der Waals surface area contributed by atoms with Crippen molar-refractivity contribution in [3.8, 4) is 5.75 Å². The van der Waals surface area contributed by atoms with Gasteiger partial charge in [-0.25, -0.2) is 9.48 Å². The lowest BCUT2D eigenvalue weighted by Gasteiger charge is -2.29. The largest absolute Gasteiger partial charge is 0.493 e. The lowest BCUT2D eigenvalue weighted by atomic mass is 9.95. The van der Waals surface area contributed by atoms with Crippen LogP contribution in [-0.4, -0.2) is 39.7 Å². The van der Waals surface area contributed by atoms with Crippen molar-refractivity contribution in [3.63, 3.8) is 0 Å². The fourth-order valence-electron chi connectivity index (χ4n) is 3.16. The number of nitrogens with one attached hydrogen (secondary N) is 1. The van der Waals surface area contributed by atoms with Gasteiger partial charge in [0.25, 0.3) is 0 Å². The zero-order chi connectivity index (χ0) is 21.7. The number of anilines is 1. The Hall–Kier alpha value is -2.26. The standard InChI is InChI=1S/C21H25BrN4O3S/c1-5-10-28-16-9-8-14(22)12-15(16)18-17(19(27)29-11-6-2)13(4)23-20-24-21(30-7-3)25-26(18)20/h6,8-9,12,18H,2,5,7,10-11H2,1,3-4H3,(H,23,24,25). The first kappa shape index (κ1) is 22.4. The van der Waals surface area contributed by atoms with Crippen molar-refractivity contribution in [2.24, 2.45) is 0 Å². The van der Waals surface area contributed by atoms with E-state index < -0.39 is 12.0 Å². The van der Waals surface area contributed by atoms with Gasteiger partial charge in [0.15, 0.2) is 0 Å². The van der Waals surface area contributed by atoms with E-state index in [9.17, 15) is 4.79 Å². The number of hydrogen-bond acceptors (Lipinski definition) is 7. The molecule has 0 aliphatic carbocycles. The summed E-state index contributed by atoms with van der Waals surface area (Å²) in [6.07, 6.45) is 2.42. The number of thioether (sulfide) groups is 1. The number of carbonyl (C=O) groups is 1. The van der Waals surface area contributed by atoms with E-state index in [4.69, 9.17) is 9.47 Å². The zero-order valence-electron chi connectivity index (χ0n) is 17.3. The van der Waals surface area contributed by atoms with Crippen molar-refractivity contribution in [2.45, 2.75) is 38.4 Å². The third-order valence-electron chi connectivity index (χ3n) is 4.39. The van der Waals surface area contributed by atoms with Gasteiger partial charge in [0.2, 0.25) is 11.1 Å². The van der Waals surface area contributed by atoms with E-state index in [0.717, 1.165) is 22.2 Å². The third-order valence-corrected chi connectivity index (χ3v) is 5.60. The van der Waals surface area contributed by atoms with Crippen LogP contribution < -0.4 is 10.1 Å². The fraction of sp³-hybridized carbons (Fsp3) is 0.381. The summed E-state index contributed by atoms with van der Waals surface area (Å²) < 4.78 is 14.0. The van der Waals surface area contributed by atoms with Crippen LogP contribution in [0.15, 0.2) is 51.8 Å². The minimum atomic E-state index is -0.540. The van der Waals surface area contributed by atoms with Crippen molar-refractivity contribution in [2.75, 3.05) is 24.3 Å². The predicted molar refractivity (Wildman–Crippen MR) is 122 cm³/mol. The number of fused-ring (bicyclic) bond motifs is 1.